The molecule has 0 bridgehead atoms. The second kappa shape index (κ2) is 8.03. The minimum Gasteiger partial charge on any atom is -0.396 e. The van der Waals surface area contributed by atoms with Crippen LogP contribution in [0.15, 0.2) is 4.90 Å². The van der Waals surface area contributed by atoms with E-state index < -0.39 is 0 Å². The second-order valence-corrected chi connectivity index (χ2v) is 6.83. The lowest BCUT2D eigenvalue weighted by Crippen LogP contribution is -2.37. The average Bonchev–Trinajstić information content (AvgIpc) is 2.81. The van der Waals surface area contributed by atoms with Gasteiger partial charge < -0.3 is 15.8 Å². The molecule has 1 fully saturated rings. The molecule has 0 aliphatic carbocycles. The first-order chi connectivity index (χ1) is 10.1. The predicted octanol–water partition coefficient (Wildman–Crippen LogP) is 2.39. The number of ketones is 1. The Labute approximate surface area is 134 Å². The molecule has 5 nitrogen and oxygen atoms in total. The first-order valence-corrected chi connectivity index (χ1v) is 9.18. The van der Waals surface area contributed by atoms with Crippen molar-refractivity contribution >= 4 is 39.6 Å². The molecule has 118 valence electrons. The molecule has 0 aromatic carbocycles. The fraction of sp³-hybridized carbons (Fsp3) is 0.643. The molecule has 0 unspecified atom stereocenters. The third kappa shape index (κ3) is 4.35. The zero-order valence-electron chi connectivity index (χ0n) is 12.6. The van der Waals surface area contributed by atoms with E-state index in [1.54, 1.807) is 18.7 Å². The van der Waals surface area contributed by atoms with Crippen molar-refractivity contribution in [2.75, 3.05) is 56.7 Å². The molecule has 1 aromatic heterocycles. The number of nitrogens with one attached hydrogen (secondary N) is 1. The fourth-order valence-corrected chi connectivity index (χ4v) is 4.29. The van der Waals surface area contributed by atoms with Gasteiger partial charge in [-0.3, -0.25) is 9.69 Å². The third-order valence-corrected chi connectivity index (χ3v) is 5.69. The van der Waals surface area contributed by atoms with E-state index in [0.717, 1.165) is 55.7 Å². The second-order valence-electron chi connectivity index (χ2n) is 5.00. The van der Waals surface area contributed by atoms with E-state index in [0.29, 0.717) is 10.6 Å². The maximum absolute atomic E-state index is 11.6. The summed E-state index contributed by atoms with van der Waals surface area (Å²) in [6.07, 6.45) is 3.06. The molecule has 1 saturated heterocycles. The van der Waals surface area contributed by atoms with E-state index >= 15 is 0 Å². The van der Waals surface area contributed by atoms with Crippen LogP contribution in [0.3, 0.4) is 0 Å². The minimum absolute atomic E-state index is 0.0363. The Hall–Kier alpha value is -0.760. The maximum Gasteiger partial charge on any atom is 0.171 e. The van der Waals surface area contributed by atoms with Crippen molar-refractivity contribution in [3.8, 4) is 0 Å². The first kappa shape index (κ1) is 16.6. The highest BCUT2D eigenvalue weighted by molar-refractivity contribution is 7.99. The molecular weight excluding hydrogens is 306 g/mol. The fourth-order valence-electron chi connectivity index (χ4n) is 2.34. The molecule has 0 saturated carbocycles. The monoisotopic (exact) mass is 329 g/mol. The Morgan fingerprint density at radius 2 is 2.19 bits per heavy atom. The molecule has 1 aromatic rings. The number of thioether (sulfide) groups is 1. The topological polar surface area (TPSA) is 67.6 Å². The van der Waals surface area contributed by atoms with Crippen LogP contribution < -0.4 is 11.1 Å². The summed E-state index contributed by atoms with van der Waals surface area (Å²) in [5.41, 5.74) is 6.66. The van der Waals surface area contributed by atoms with Crippen molar-refractivity contribution in [3.05, 3.63) is 4.88 Å². The number of anilines is 2. The molecule has 0 atom stereocenters. The molecule has 2 rings (SSSR count). The van der Waals surface area contributed by atoms with E-state index in [4.69, 9.17) is 10.5 Å². The van der Waals surface area contributed by atoms with Crippen molar-refractivity contribution in [1.82, 2.24) is 4.90 Å². The highest BCUT2D eigenvalue weighted by Crippen LogP contribution is 2.41. The van der Waals surface area contributed by atoms with Crippen LogP contribution in [0.25, 0.3) is 0 Å². The van der Waals surface area contributed by atoms with Gasteiger partial charge in [-0.2, -0.15) is 0 Å². The zero-order valence-corrected chi connectivity index (χ0v) is 14.2. The van der Waals surface area contributed by atoms with E-state index in [-0.39, 0.29) is 5.78 Å². The highest BCUT2D eigenvalue weighted by Gasteiger charge is 2.18. The van der Waals surface area contributed by atoms with Gasteiger partial charge in [0.2, 0.25) is 0 Å². The number of morpholine rings is 1. The summed E-state index contributed by atoms with van der Waals surface area (Å²) in [6.45, 7) is 7.26. The SMILES string of the molecule is CSc1c(NCCCN2CCOCC2)sc(C(C)=O)c1N. The number of hydrogen-bond acceptors (Lipinski definition) is 7. The van der Waals surface area contributed by atoms with E-state index in [2.05, 4.69) is 10.2 Å². The third-order valence-electron chi connectivity index (χ3n) is 3.46. The van der Waals surface area contributed by atoms with Gasteiger partial charge >= 0.3 is 0 Å². The van der Waals surface area contributed by atoms with Crippen molar-refractivity contribution < 1.29 is 9.53 Å². The smallest absolute Gasteiger partial charge is 0.171 e. The molecule has 0 amide bonds. The number of nitrogens with two attached hydrogens (primary N) is 1. The van der Waals surface area contributed by atoms with Gasteiger partial charge in [0.25, 0.3) is 0 Å². The number of ether oxygens (including phenoxy) is 1. The normalized spacial score (nSPS) is 16.1. The summed E-state index contributed by atoms with van der Waals surface area (Å²) in [7, 11) is 0. The minimum atomic E-state index is 0.0363. The Balaban J connectivity index is 1.84. The Bertz CT molecular complexity index is 485. The first-order valence-electron chi connectivity index (χ1n) is 7.14. The van der Waals surface area contributed by atoms with Gasteiger partial charge in [-0.1, -0.05) is 0 Å². The van der Waals surface area contributed by atoms with Gasteiger partial charge in [-0.25, -0.2) is 0 Å². The van der Waals surface area contributed by atoms with Gasteiger partial charge in [-0.05, 0) is 19.2 Å². The van der Waals surface area contributed by atoms with Crippen LogP contribution in [0.5, 0.6) is 0 Å². The number of Topliss-reactive ketones (excluding diaryl/α,β-unsaturated/α-hetero) is 1. The summed E-state index contributed by atoms with van der Waals surface area (Å²) < 4.78 is 5.34. The van der Waals surface area contributed by atoms with E-state index in [1.807, 2.05) is 6.26 Å². The Kier molecular flexibility index (Phi) is 6.35. The summed E-state index contributed by atoms with van der Waals surface area (Å²) in [5, 5.41) is 4.45. The zero-order chi connectivity index (χ0) is 15.2. The van der Waals surface area contributed by atoms with E-state index in [1.165, 1.54) is 11.3 Å². The van der Waals surface area contributed by atoms with Crippen molar-refractivity contribution in [2.45, 2.75) is 18.2 Å². The van der Waals surface area contributed by atoms with Crippen LogP contribution in [0.1, 0.15) is 23.0 Å². The number of hydrogen-bond donors (Lipinski definition) is 2. The van der Waals surface area contributed by atoms with Crippen molar-refractivity contribution in [3.63, 3.8) is 0 Å². The van der Waals surface area contributed by atoms with Gasteiger partial charge in [0.15, 0.2) is 5.78 Å². The predicted molar refractivity (Wildman–Crippen MR) is 90.9 cm³/mol. The molecule has 1 aliphatic heterocycles. The molecule has 21 heavy (non-hydrogen) atoms. The maximum atomic E-state index is 11.6. The van der Waals surface area contributed by atoms with Gasteiger partial charge in [-0.15, -0.1) is 23.1 Å². The summed E-state index contributed by atoms with van der Waals surface area (Å²) in [5.74, 6) is 0.0363. The number of nitrogens with zero attached hydrogens (tertiary/aromatic N) is 1. The van der Waals surface area contributed by atoms with Crippen molar-refractivity contribution in [2.24, 2.45) is 0 Å². The largest absolute Gasteiger partial charge is 0.396 e. The lowest BCUT2D eigenvalue weighted by molar-refractivity contribution is 0.0378. The van der Waals surface area contributed by atoms with E-state index in [9.17, 15) is 4.79 Å². The lowest BCUT2D eigenvalue weighted by atomic mass is 10.3. The number of carbonyl (C=O) groups excluding carboxylic acids is 1. The molecule has 1 aliphatic rings. The number of nitrogen functional groups attached to an aromatic ring is 1. The summed E-state index contributed by atoms with van der Waals surface area (Å²) in [4.78, 5) is 15.6. The number of thiophene rings is 1. The average molecular weight is 329 g/mol. The number of rotatable bonds is 7. The number of carbonyl (C=O) groups is 1. The van der Waals surface area contributed by atoms with Crippen LogP contribution >= 0.6 is 23.1 Å². The van der Waals surface area contributed by atoms with Gasteiger partial charge in [0.1, 0.15) is 5.00 Å². The molecule has 3 N–H and O–H groups in total. The Morgan fingerprint density at radius 3 is 2.81 bits per heavy atom. The summed E-state index contributed by atoms with van der Waals surface area (Å²) in [6, 6.07) is 0. The molecule has 7 heteroatoms. The quantitative estimate of drug-likeness (QED) is 0.455. The molecule has 0 spiro atoms. The molecule has 2 heterocycles. The van der Waals surface area contributed by atoms with Crippen LogP contribution in [-0.4, -0.2) is 56.3 Å². The van der Waals surface area contributed by atoms with Crippen LogP contribution in [-0.2, 0) is 4.74 Å². The molecular formula is C14H23N3O2S2. The molecule has 0 radical (unpaired) electrons. The lowest BCUT2D eigenvalue weighted by Gasteiger charge is -2.26. The standard InChI is InChI=1S/C14H23N3O2S2/c1-10(18)12-11(15)13(20-2)14(21-12)16-4-3-5-17-6-8-19-9-7-17/h16H,3-9,15H2,1-2H3. The van der Waals surface area contributed by atoms with Crippen LogP contribution in [0, 0.1) is 0 Å². The Morgan fingerprint density at radius 1 is 1.48 bits per heavy atom. The highest BCUT2D eigenvalue weighted by atomic mass is 32.2. The van der Waals surface area contributed by atoms with Gasteiger partial charge in [0, 0.05) is 26.6 Å². The summed E-state index contributed by atoms with van der Waals surface area (Å²) >= 11 is 3.05. The van der Waals surface area contributed by atoms with Gasteiger partial charge in [0.05, 0.1) is 28.7 Å². The van der Waals surface area contributed by atoms with Crippen molar-refractivity contribution in [1.29, 1.82) is 0 Å². The van der Waals surface area contributed by atoms with Crippen LogP contribution in [0.4, 0.5) is 10.7 Å². The van der Waals surface area contributed by atoms with Crippen LogP contribution in [0.2, 0.25) is 0 Å².